The highest BCUT2D eigenvalue weighted by Crippen LogP contribution is 2.15. The van der Waals surface area contributed by atoms with Crippen LogP contribution in [0.15, 0.2) is 24.5 Å². The molecule has 0 aliphatic rings. The number of unbranched alkanes of at least 4 members (excludes halogenated alkanes) is 1. The van der Waals surface area contributed by atoms with E-state index in [4.69, 9.17) is 5.11 Å². The third-order valence-electron chi connectivity index (χ3n) is 2.33. The molecule has 0 unspecified atom stereocenters. The molecule has 15 heavy (non-hydrogen) atoms. The maximum Gasteiger partial charge on any atom is 0.303 e. The second kappa shape index (κ2) is 5.39. The van der Waals surface area contributed by atoms with E-state index in [9.17, 15) is 4.79 Å². The van der Waals surface area contributed by atoms with Crippen LogP contribution in [0.2, 0.25) is 0 Å². The van der Waals surface area contributed by atoms with Crippen LogP contribution in [0.4, 0.5) is 0 Å². The maximum atomic E-state index is 10.3. The van der Waals surface area contributed by atoms with Gasteiger partial charge in [-0.05, 0) is 37.0 Å². The number of aromatic nitrogens is 1. The van der Waals surface area contributed by atoms with Crippen LogP contribution in [-0.2, 0) is 11.8 Å². The summed E-state index contributed by atoms with van der Waals surface area (Å²) in [6, 6.07) is 2.06. The summed E-state index contributed by atoms with van der Waals surface area (Å²) in [5.74, 6) is -0.722. The molecule has 0 radical (unpaired) electrons. The van der Waals surface area contributed by atoms with E-state index in [1.54, 1.807) is 0 Å². The number of hydrogen-bond donors (Lipinski definition) is 1. The Morgan fingerprint density at radius 3 is 2.87 bits per heavy atom. The van der Waals surface area contributed by atoms with Crippen molar-refractivity contribution in [2.75, 3.05) is 0 Å². The number of carboxylic acids is 1. The predicted molar refractivity (Wildman–Crippen MR) is 60.6 cm³/mol. The largest absolute Gasteiger partial charge is 0.481 e. The molecule has 1 heterocycles. The molecule has 1 rings (SSSR count). The van der Waals surface area contributed by atoms with Crippen LogP contribution in [0.1, 0.15) is 31.7 Å². The molecule has 0 aromatic carbocycles. The van der Waals surface area contributed by atoms with Crippen LogP contribution in [0.3, 0.4) is 0 Å². The van der Waals surface area contributed by atoms with Crippen molar-refractivity contribution in [3.8, 4) is 0 Å². The molecule has 0 amide bonds. The summed E-state index contributed by atoms with van der Waals surface area (Å²) in [5.41, 5.74) is 2.41. The first kappa shape index (κ1) is 11.6. The molecule has 0 aliphatic carbocycles. The van der Waals surface area contributed by atoms with Crippen molar-refractivity contribution in [2.24, 2.45) is 7.05 Å². The molecule has 0 saturated heterocycles. The van der Waals surface area contributed by atoms with Gasteiger partial charge in [0, 0.05) is 25.9 Å². The highest BCUT2D eigenvalue weighted by Gasteiger charge is 1.98. The topological polar surface area (TPSA) is 42.2 Å². The van der Waals surface area contributed by atoms with E-state index >= 15 is 0 Å². The Labute approximate surface area is 90.0 Å². The van der Waals surface area contributed by atoms with Crippen LogP contribution >= 0.6 is 0 Å². The molecule has 0 fully saturated rings. The predicted octanol–water partition coefficient (Wildman–Crippen LogP) is 2.68. The Hall–Kier alpha value is -1.51. The summed E-state index contributed by atoms with van der Waals surface area (Å²) < 4.78 is 2.00. The van der Waals surface area contributed by atoms with E-state index in [0.717, 1.165) is 6.42 Å². The van der Waals surface area contributed by atoms with E-state index in [1.165, 1.54) is 11.1 Å². The van der Waals surface area contributed by atoms with Crippen molar-refractivity contribution in [1.82, 2.24) is 4.57 Å². The molecule has 0 atom stereocenters. The number of carbonyl (C=O) groups is 1. The Balaban J connectivity index is 2.43. The number of nitrogens with zero attached hydrogens (tertiary/aromatic N) is 1. The number of rotatable bonds is 5. The summed E-state index contributed by atoms with van der Waals surface area (Å²) in [5, 5.41) is 8.48. The van der Waals surface area contributed by atoms with Gasteiger partial charge in [0.25, 0.3) is 0 Å². The third-order valence-corrected chi connectivity index (χ3v) is 2.33. The molecule has 3 heteroatoms. The SMILES string of the molecule is C/C(=C\CCCC(=O)O)c1ccn(C)c1. The Morgan fingerprint density at radius 1 is 1.60 bits per heavy atom. The molecular formula is C12H17NO2. The minimum absolute atomic E-state index is 0.249. The number of hydrogen-bond acceptors (Lipinski definition) is 1. The fraction of sp³-hybridized carbons (Fsp3) is 0.417. The van der Waals surface area contributed by atoms with Crippen molar-refractivity contribution in [3.63, 3.8) is 0 Å². The first-order valence-electron chi connectivity index (χ1n) is 5.10. The van der Waals surface area contributed by atoms with Gasteiger partial charge in [0.05, 0.1) is 0 Å². The lowest BCUT2D eigenvalue weighted by Crippen LogP contribution is -1.92. The molecule has 1 aromatic rings. The summed E-state index contributed by atoms with van der Waals surface area (Å²) in [6.45, 7) is 2.05. The molecule has 1 aromatic heterocycles. The lowest BCUT2D eigenvalue weighted by Gasteiger charge is -1.97. The van der Waals surface area contributed by atoms with E-state index in [0.29, 0.717) is 6.42 Å². The zero-order valence-corrected chi connectivity index (χ0v) is 9.23. The quantitative estimate of drug-likeness (QED) is 0.754. The maximum absolute atomic E-state index is 10.3. The molecule has 0 aliphatic heterocycles. The van der Waals surface area contributed by atoms with Crippen LogP contribution in [-0.4, -0.2) is 15.6 Å². The smallest absolute Gasteiger partial charge is 0.303 e. The minimum atomic E-state index is -0.722. The number of allylic oxidation sites excluding steroid dienone is 2. The zero-order valence-electron chi connectivity index (χ0n) is 9.23. The van der Waals surface area contributed by atoms with Crippen molar-refractivity contribution in [1.29, 1.82) is 0 Å². The summed E-state index contributed by atoms with van der Waals surface area (Å²) in [4.78, 5) is 10.3. The highest BCUT2D eigenvalue weighted by molar-refractivity contribution is 5.67. The molecule has 82 valence electrons. The van der Waals surface area contributed by atoms with Crippen molar-refractivity contribution in [2.45, 2.75) is 26.2 Å². The number of aryl methyl sites for hydroxylation is 1. The molecule has 0 bridgehead atoms. The Bertz CT molecular complexity index is 363. The van der Waals surface area contributed by atoms with Crippen LogP contribution < -0.4 is 0 Å². The average molecular weight is 207 g/mol. The van der Waals surface area contributed by atoms with Gasteiger partial charge in [-0.25, -0.2) is 0 Å². The van der Waals surface area contributed by atoms with Gasteiger partial charge in [-0.2, -0.15) is 0 Å². The highest BCUT2D eigenvalue weighted by atomic mass is 16.4. The van der Waals surface area contributed by atoms with Crippen LogP contribution in [0, 0.1) is 0 Å². The van der Waals surface area contributed by atoms with Crippen LogP contribution in [0.25, 0.3) is 5.57 Å². The standard InChI is InChI=1S/C12H17NO2/c1-10(5-3-4-6-12(14)15)11-7-8-13(2)9-11/h5,7-9H,3-4,6H2,1-2H3,(H,14,15)/b10-5+. The Kier molecular flexibility index (Phi) is 4.16. The van der Waals surface area contributed by atoms with Gasteiger partial charge in [0.2, 0.25) is 0 Å². The summed E-state index contributed by atoms with van der Waals surface area (Å²) in [6.07, 6.45) is 7.94. The van der Waals surface area contributed by atoms with Gasteiger partial charge in [-0.15, -0.1) is 0 Å². The second-order valence-corrected chi connectivity index (χ2v) is 3.74. The average Bonchev–Trinajstić information content (AvgIpc) is 2.59. The third kappa shape index (κ3) is 4.02. The molecule has 0 saturated carbocycles. The molecular weight excluding hydrogens is 190 g/mol. The van der Waals surface area contributed by atoms with Gasteiger partial charge in [0.15, 0.2) is 0 Å². The molecule has 1 N–H and O–H groups in total. The van der Waals surface area contributed by atoms with Gasteiger partial charge < -0.3 is 9.67 Å². The lowest BCUT2D eigenvalue weighted by molar-refractivity contribution is -0.137. The first-order chi connectivity index (χ1) is 7.09. The summed E-state index contributed by atoms with van der Waals surface area (Å²) >= 11 is 0. The monoisotopic (exact) mass is 207 g/mol. The van der Waals surface area contributed by atoms with Crippen molar-refractivity contribution >= 4 is 11.5 Å². The van der Waals surface area contributed by atoms with E-state index in [2.05, 4.69) is 25.3 Å². The minimum Gasteiger partial charge on any atom is -0.481 e. The molecule has 3 nitrogen and oxygen atoms in total. The van der Waals surface area contributed by atoms with Gasteiger partial charge in [-0.1, -0.05) is 6.08 Å². The van der Waals surface area contributed by atoms with E-state index < -0.39 is 5.97 Å². The van der Waals surface area contributed by atoms with E-state index in [-0.39, 0.29) is 6.42 Å². The van der Waals surface area contributed by atoms with Gasteiger partial charge in [0.1, 0.15) is 0 Å². The number of aliphatic carboxylic acids is 1. The fourth-order valence-corrected chi connectivity index (χ4v) is 1.43. The molecule has 0 spiro atoms. The lowest BCUT2D eigenvalue weighted by atomic mass is 10.1. The number of carboxylic acid groups (broad SMARTS) is 1. The normalized spacial score (nSPS) is 11.7. The van der Waals surface area contributed by atoms with E-state index in [1.807, 2.05) is 17.8 Å². The Morgan fingerprint density at radius 2 is 2.33 bits per heavy atom. The first-order valence-corrected chi connectivity index (χ1v) is 5.10. The van der Waals surface area contributed by atoms with Crippen molar-refractivity contribution in [3.05, 3.63) is 30.1 Å². The van der Waals surface area contributed by atoms with Crippen molar-refractivity contribution < 1.29 is 9.90 Å². The van der Waals surface area contributed by atoms with Gasteiger partial charge >= 0.3 is 5.97 Å². The summed E-state index contributed by atoms with van der Waals surface area (Å²) in [7, 11) is 1.99. The second-order valence-electron chi connectivity index (χ2n) is 3.74. The zero-order chi connectivity index (χ0) is 11.3. The fourth-order valence-electron chi connectivity index (χ4n) is 1.43. The van der Waals surface area contributed by atoms with Gasteiger partial charge in [-0.3, -0.25) is 4.79 Å². The van der Waals surface area contributed by atoms with Crippen LogP contribution in [0.5, 0.6) is 0 Å².